The number of nitrogens with zero attached hydrogens (tertiary/aromatic N) is 1. The van der Waals surface area contributed by atoms with E-state index in [9.17, 15) is 4.79 Å². The SMILES string of the molecule is O=C1Nc2cccnc2NC12CCCC2. The highest BCUT2D eigenvalue weighted by Gasteiger charge is 2.44. The highest BCUT2D eigenvalue weighted by molar-refractivity contribution is 6.05. The molecule has 0 bridgehead atoms. The van der Waals surface area contributed by atoms with Crippen LogP contribution in [0.15, 0.2) is 18.3 Å². The van der Waals surface area contributed by atoms with Gasteiger partial charge in [-0.2, -0.15) is 0 Å². The molecule has 1 fully saturated rings. The van der Waals surface area contributed by atoms with Crippen molar-refractivity contribution in [2.45, 2.75) is 31.2 Å². The Hall–Kier alpha value is -1.58. The molecular formula is C11H13N3O. The van der Waals surface area contributed by atoms with Crippen LogP contribution in [0.1, 0.15) is 25.7 Å². The molecule has 1 spiro atoms. The molecule has 1 aliphatic carbocycles. The van der Waals surface area contributed by atoms with Gasteiger partial charge in [-0.05, 0) is 25.0 Å². The Morgan fingerprint density at radius 2 is 2.13 bits per heavy atom. The molecule has 2 heterocycles. The maximum absolute atomic E-state index is 12.0. The van der Waals surface area contributed by atoms with Crippen LogP contribution in [0.5, 0.6) is 0 Å². The number of nitrogens with one attached hydrogen (secondary N) is 2. The fraction of sp³-hybridized carbons (Fsp3) is 0.455. The van der Waals surface area contributed by atoms with Gasteiger partial charge in [0.15, 0.2) is 5.82 Å². The van der Waals surface area contributed by atoms with Gasteiger partial charge < -0.3 is 10.6 Å². The molecule has 78 valence electrons. The third-order valence-corrected chi connectivity index (χ3v) is 3.31. The Morgan fingerprint density at radius 3 is 2.93 bits per heavy atom. The fourth-order valence-electron chi connectivity index (χ4n) is 2.46. The Kier molecular flexibility index (Phi) is 1.71. The molecule has 0 radical (unpaired) electrons. The van der Waals surface area contributed by atoms with Gasteiger partial charge >= 0.3 is 0 Å². The Bertz CT molecular complexity index is 410. The summed E-state index contributed by atoms with van der Waals surface area (Å²) in [5.41, 5.74) is 0.404. The second kappa shape index (κ2) is 2.95. The van der Waals surface area contributed by atoms with Gasteiger partial charge in [-0.25, -0.2) is 4.98 Å². The summed E-state index contributed by atoms with van der Waals surface area (Å²) < 4.78 is 0. The maximum atomic E-state index is 12.0. The van der Waals surface area contributed by atoms with E-state index in [-0.39, 0.29) is 11.4 Å². The largest absolute Gasteiger partial charge is 0.354 e. The summed E-state index contributed by atoms with van der Waals surface area (Å²) in [6.45, 7) is 0. The van der Waals surface area contributed by atoms with Crippen molar-refractivity contribution >= 4 is 17.4 Å². The molecule has 0 aromatic carbocycles. The maximum Gasteiger partial charge on any atom is 0.250 e. The topological polar surface area (TPSA) is 54.0 Å². The number of hydrogen-bond donors (Lipinski definition) is 2. The van der Waals surface area contributed by atoms with Crippen molar-refractivity contribution in [1.29, 1.82) is 0 Å². The minimum absolute atomic E-state index is 0.0977. The van der Waals surface area contributed by atoms with Crippen LogP contribution in [0, 0.1) is 0 Å². The third-order valence-electron chi connectivity index (χ3n) is 3.31. The highest BCUT2D eigenvalue weighted by atomic mass is 16.2. The number of carbonyl (C=O) groups is 1. The first-order valence-electron chi connectivity index (χ1n) is 5.35. The van der Waals surface area contributed by atoms with Crippen molar-refractivity contribution in [2.24, 2.45) is 0 Å². The fourth-order valence-corrected chi connectivity index (χ4v) is 2.46. The first-order chi connectivity index (χ1) is 7.30. The lowest BCUT2D eigenvalue weighted by Crippen LogP contribution is -2.50. The molecule has 3 rings (SSSR count). The van der Waals surface area contributed by atoms with Gasteiger partial charge in [-0.15, -0.1) is 0 Å². The van der Waals surface area contributed by atoms with Crippen LogP contribution in [0.2, 0.25) is 0 Å². The predicted molar refractivity (Wildman–Crippen MR) is 57.7 cm³/mol. The molecule has 2 aliphatic rings. The Balaban J connectivity index is 2.02. The average Bonchev–Trinajstić information content (AvgIpc) is 2.70. The van der Waals surface area contributed by atoms with Crippen molar-refractivity contribution in [2.75, 3.05) is 10.6 Å². The van der Waals surface area contributed by atoms with Crippen molar-refractivity contribution in [3.05, 3.63) is 18.3 Å². The quantitative estimate of drug-likeness (QED) is 0.675. The molecule has 1 saturated carbocycles. The highest BCUT2D eigenvalue weighted by Crippen LogP contribution is 2.38. The van der Waals surface area contributed by atoms with E-state index in [1.54, 1.807) is 6.20 Å². The summed E-state index contributed by atoms with van der Waals surface area (Å²) in [6.07, 6.45) is 5.79. The summed E-state index contributed by atoms with van der Waals surface area (Å²) in [4.78, 5) is 16.2. The summed E-state index contributed by atoms with van der Waals surface area (Å²) in [7, 11) is 0. The second-order valence-corrected chi connectivity index (χ2v) is 4.27. The predicted octanol–water partition coefficient (Wildman–Crippen LogP) is 1.76. The van der Waals surface area contributed by atoms with E-state index in [0.717, 1.165) is 37.2 Å². The van der Waals surface area contributed by atoms with Crippen molar-refractivity contribution in [3.63, 3.8) is 0 Å². The van der Waals surface area contributed by atoms with E-state index in [2.05, 4.69) is 15.6 Å². The van der Waals surface area contributed by atoms with E-state index in [0.29, 0.717) is 0 Å². The van der Waals surface area contributed by atoms with E-state index in [1.807, 2.05) is 12.1 Å². The molecule has 4 heteroatoms. The number of pyridine rings is 1. The molecule has 2 N–H and O–H groups in total. The lowest BCUT2D eigenvalue weighted by molar-refractivity contribution is -0.120. The number of amides is 1. The van der Waals surface area contributed by atoms with Crippen LogP contribution < -0.4 is 10.6 Å². The standard InChI is InChI=1S/C11H13N3O/c15-10-11(5-1-2-6-11)14-9-8(13-10)4-3-7-12-9/h3-4,7H,1-2,5-6H2,(H,12,14)(H,13,15). The molecule has 1 amide bonds. The van der Waals surface area contributed by atoms with E-state index < -0.39 is 0 Å². The zero-order chi connectivity index (χ0) is 10.3. The van der Waals surface area contributed by atoms with E-state index >= 15 is 0 Å². The van der Waals surface area contributed by atoms with Crippen molar-refractivity contribution in [1.82, 2.24) is 4.98 Å². The molecular weight excluding hydrogens is 190 g/mol. The smallest absolute Gasteiger partial charge is 0.250 e. The summed E-state index contributed by atoms with van der Waals surface area (Å²) in [6, 6.07) is 3.70. The van der Waals surface area contributed by atoms with Crippen LogP contribution >= 0.6 is 0 Å². The van der Waals surface area contributed by atoms with Crippen molar-refractivity contribution < 1.29 is 4.79 Å². The molecule has 1 aromatic heterocycles. The van der Waals surface area contributed by atoms with Crippen LogP contribution in [0.25, 0.3) is 0 Å². The molecule has 0 atom stereocenters. The molecule has 0 unspecified atom stereocenters. The number of carbonyl (C=O) groups excluding carboxylic acids is 1. The van der Waals surface area contributed by atoms with Crippen LogP contribution in [-0.2, 0) is 4.79 Å². The van der Waals surface area contributed by atoms with Gasteiger partial charge in [0.1, 0.15) is 5.54 Å². The third kappa shape index (κ3) is 1.21. The van der Waals surface area contributed by atoms with Crippen LogP contribution in [0.4, 0.5) is 11.5 Å². The van der Waals surface area contributed by atoms with Crippen LogP contribution in [-0.4, -0.2) is 16.4 Å². The van der Waals surface area contributed by atoms with Gasteiger partial charge in [0.2, 0.25) is 5.91 Å². The Labute approximate surface area is 88.1 Å². The molecule has 15 heavy (non-hydrogen) atoms. The lowest BCUT2D eigenvalue weighted by atomic mass is 9.94. The summed E-state index contributed by atoms with van der Waals surface area (Å²) in [5.74, 6) is 0.902. The van der Waals surface area contributed by atoms with Gasteiger partial charge in [0.25, 0.3) is 0 Å². The lowest BCUT2D eigenvalue weighted by Gasteiger charge is -2.34. The van der Waals surface area contributed by atoms with Gasteiger partial charge in [-0.1, -0.05) is 12.8 Å². The van der Waals surface area contributed by atoms with E-state index in [4.69, 9.17) is 0 Å². The zero-order valence-corrected chi connectivity index (χ0v) is 8.42. The summed E-state index contributed by atoms with van der Waals surface area (Å²) >= 11 is 0. The normalized spacial score (nSPS) is 22.0. The number of hydrogen-bond acceptors (Lipinski definition) is 3. The second-order valence-electron chi connectivity index (χ2n) is 4.27. The number of fused-ring (bicyclic) bond motifs is 1. The monoisotopic (exact) mass is 203 g/mol. The first kappa shape index (κ1) is 8.71. The molecule has 1 aliphatic heterocycles. The van der Waals surface area contributed by atoms with E-state index in [1.165, 1.54) is 0 Å². The summed E-state index contributed by atoms with van der Waals surface area (Å²) in [5, 5.41) is 6.23. The molecule has 4 nitrogen and oxygen atoms in total. The zero-order valence-electron chi connectivity index (χ0n) is 8.42. The molecule has 1 aromatic rings. The minimum Gasteiger partial charge on any atom is -0.354 e. The molecule has 0 saturated heterocycles. The van der Waals surface area contributed by atoms with Gasteiger partial charge in [0.05, 0.1) is 5.69 Å². The minimum atomic E-state index is -0.388. The van der Waals surface area contributed by atoms with Gasteiger partial charge in [-0.3, -0.25) is 4.79 Å². The first-order valence-corrected chi connectivity index (χ1v) is 5.35. The number of anilines is 2. The Morgan fingerprint density at radius 1 is 1.33 bits per heavy atom. The number of rotatable bonds is 0. The van der Waals surface area contributed by atoms with Crippen molar-refractivity contribution in [3.8, 4) is 0 Å². The van der Waals surface area contributed by atoms with Gasteiger partial charge in [0, 0.05) is 6.20 Å². The average molecular weight is 203 g/mol. The number of aromatic nitrogens is 1. The van der Waals surface area contributed by atoms with Crippen LogP contribution in [0.3, 0.4) is 0 Å².